The van der Waals surface area contributed by atoms with Gasteiger partial charge >= 0.3 is 0 Å². The lowest BCUT2D eigenvalue weighted by molar-refractivity contribution is -0.127. The van der Waals surface area contributed by atoms with Crippen LogP contribution in [-0.2, 0) is 4.79 Å². The van der Waals surface area contributed by atoms with Gasteiger partial charge in [-0.25, -0.2) is 0 Å². The highest BCUT2D eigenvalue weighted by Crippen LogP contribution is 2.22. The predicted molar refractivity (Wildman–Crippen MR) is 74.8 cm³/mol. The minimum absolute atomic E-state index is 0.0274. The number of nitrogens with one attached hydrogen (secondary N) is 1. The summed E-state index contributed by atoms with van der Waals surface area (Å²) in [6.45, 7) is 3.33. The summed E-state index contributed by atoms with van der Waals surface area (Å²) in [5, 5.41) is 2.91. The minimum Gasteiger partial charge on any atom is -0.347 e. The predicted octanol–water partition coefficient (Wildman–Crippen LogP) is 2.25. The highest BCUT2D eigenvalue weighted by atomic mass is 79.9. The van der Waals surface area contributed by atoms with E-state index in [4.69, 9.17) is 0 Å². The number of halogens is 1. The number of nitrogens with zero attached hydrogens (tertiary/aromatic N) is 1. The monoisotopic (exact) mass is 330 g/mol. The Morgan fingerprint density at radius 3 is 2.94 bits per heavy atom. The molecule has 0 aliphatic carbocycles. The van der Waals surface area contributed by atoms with Gasteiger partial charge < -0.3 is 10.2 Å². The average molecular weight is 331 g/mol. The van der Waals surface area contributed by atoms with Crippen LogP contribution in [0.5, 0.6) is 0 Å². The van der Waals surface area contributed by atoms with Crippen LogP contribution in [0.15, 0.2) is 15.9 Å². The molecule has 4 nitrogen and oxygen atoms in total. The fraction of sp³-hybridized carbons (Fsp3) is 0.500. The van der Waals surface area contributed by atoms with Gasteiger partial charge in [-0.3, -0.25) is 9.59 Å². The normalized spacial score (nSPS) is 17.0. The van der Waals surface area contributed by atoms with Crippen LogP contribution in [0.3, 0.4) is 0 Å². The fourth-order valence-corrected chi connectivity index (χ4v) is 3.29. The second-order valence-electron chi connectivity index (χ2n) is 4.42. The topological polar surface area (TPSA) is 49.4 Å². The maximum Gasteiger partial charge on any atom is 0.261 e. The zero-order valence-corrected chi connectivity index (χ0v) is 12.5. The van der Waals surface area contributed by atoms with E-state index >= 15 is 0 Å². The van der Waals surface area contributed by atoms with Crippen molar-refractivity contribution in [1.29, 1.82) is 0 Å². The van der Waals surface area contributed by atoms with E-state index in [1.807, 2.05) is 17.9 Å². The molecule has 1 aromatic rings. The van der Waals surface area contributed by atoms with Crippen molar-refractivity contribution in [3.63, 3.8) is 0 Å². The molecule has 1 aliphatic rings. The quantitative estimate of drug-likeness (QED) is 0.920. The maximum atomic E-state index is 11.9. The lowest BCUT2D eigenvalue weighted by Gasteiger charge is -2.21. The maximum absolute atomic E-state index is 11.9. The Morgan fingerprint density at radius 2 is 2.39 bits per heavy atom. The third kappa shape index (κ3) is 3.32. The SMILES string of the molecule is CC(CN1CCCC1=O)NC(=O)c1ccc(Br)s1. The van der Waals surface area contributed by atoms with E-state index in [1.165, 1.54) is 11.3 Å². The van der Waals surface area contributed by atoms with Crippen molar-refractivity contribution >= 4 is 39.1 Å². The summed E-state index contributed by atoms with van der Waals surface area (Å²) < 4.78 is 0.940. The van der Waals surface area contributed by atoms with Gasteiger partial charge in [0, 0.05) is 25.6 Å². The molecular weight excluding hydrogens is 316 g/mol. The van der Waals surface area contributed by atoms with Crippen LogP contribution < -0.4 is 5.32 Å². The first-order chi connectivity index (χ1) is 8.56. The Morgan fingerprint density at radius 1 is 1.61 bits per heavy atom. The Hall–Kier alpha value is -0.880. The highest BCUT2D eigenvalue weighted by Gasteiger charge is 2.22. The first-order valence-electron chi connectivity index (χ1n) is 5.90. The number of hydrogen-bond acceptors (Lipinski definition) is 3. The summed E-state index contributed by atoms with van der Waals surface area (Å²) in [4.78, 5) is 25.9. The largest absolute Gasteiger partial charge is 0.347 e. The van der Waals surface area contributed by atoms with E-state index < -0.39 is 0 Å². The summed E-state index contributed by atoms with van der Waals surface area (Å²) in [5.41, 5.74) is 0. The summed E-state index contributed by atoms with van der Waals surface area (Å²) in [6.07, 6.45) is 1.57. The molecule has 1 unspecified atom stereocenters. The van der Waals surface area contributed by atoms with Crippen molar-refractivity contribution in [1.82, 2.24) is 10.2 Å². The number of thiophene rings is 1. The van der Waals surface area contributed by atoms with Gasteiger partial charge in [-0.2, -0.15) is 0 Å². The zero-order valence-electron chi connectivity index (χ0n) is 10.1. The van der Waals surface area contributed by atoms with Crippen molar-refractivity contribution < 1.29 is 9.59 Å². The van der Waals surface area contributed by atoms with Gasteiger partial charge in [-0.05, 0) is 41.4 Å². The molecule has 1 N–H and O–H groups in total. The summed E-state index contributed by atoms with van der Waals surface area (Å²) in [7, 11) is 0. The molecular formula is C12H15BrN2O2S. The smallest absolute Gasteiger partial charge is 0.261 e. The summed E-state index contributed by atoms with van der Waals surface area (Å²) in [6, 6.07) is 3.62. The van der Waals surface area contributed by atoms with Gasteiger partial charge in [-0.15, -0.1) is 11.3 Å². The molecule has 1 aliphatic heterocycles. The van der Waals surface area contributed by atoms with E-state index in [0.717, 1.165) is 16.8 Å². The molecule has 0 saturated carbocycles. The lowest BCUT2D eigenvalue weighted by Crippen LogP contribution is -2.42. The van der Waals surface area contributed by atoms with Gasteiger partial charge in [0.1, 0.15) is 0 Å². The van der Waals surface area contributed by atoms with Crippen LogP contribution in [0.4, 0.5) is 0 Å². The van der Waals surface area contributed by atoms with E-state index in [0.29, 0.717) is 17.8 Å². The number of hydrogen-bond donors (Lipinski definition) is 1. The van der Waals surface area contributed by atoms with Crippen molar-refractivity contribution in [2.24, 2.45) is 0 Å². The van der Waals surface area contributed by atoms with E-state index in [2.05, 4.69) is 21.2 Å². The molecule has 0 bridgehead atoms. The van der Waals surface area contributed by atoms with Gasteiger partial charge in [-0.1, -0.05) is 0 Å². The zero-order chi connectivity index (χ0) is 13.1. The lowest BCUT2D eigenvalue weighted by atomic mass is 10.3. The summed E-state index contributed by atoms with van der Waals surface area (Å²) in [5.74, 6) is 0.111. The Balaban J connectivity index is 1.85. The summed E-state index contributed by atoms with van der Waals surface area (Å²) >= 11 is 4.74. The Bertz CT molecular complexity index is 461. The van der Waals surface area contributed by atoms with Crippen molar-refractivity contribution in [3.8, 4) is 0 Å². The molecule has 1 atom stereocenters. The molecule has 98 valence electrons. The minimum atomic E-state index is -0.0788. The number of rotatable bonds is 4. The number of carbonyl (C=O) groups excluding carboxylic acids is 2. The van der Waals surface area contributed by atoms with Crippen LogP contribution >= 0.6 is 27.3 Å². The van der Waals surface area contributed by atoms with Crippen LogP contribution in [0, 0.1) is 0 Å². The van der Waals surface area contributed by atoms with E-state index in [1.54, 1.807) is 6.07 Å². The second kappa shape index (κ2) is 5.84. The van der Waals surface area contributed by atoms with E-state index in [-0.39, 0.29) is 17.9 Å². The number of amides is 2. The Labute approximate surface area is 118 Å². The molecule has 18 heavy (non-hydrogen) atoms. The average Bonchev–Trinajstić information content (AvgIpc) is 2.89. The molecule has 0 aromatic carbocycles. The molecule has 2 amide bonds. The van der Waals surface area contributed by atoms with Crippen LogP contribution in [0.1, 0.15) is 29.4 Å². The highest BCUT2D eigenvalue weighted by molar-refractivity contribution is 9.11. The van der Waals surface area contributed by atoms with Gasteiger partial charge in [0.15, 0.2) is 0 Å². The molecule has 1 fully saturated rings. The molecule has 2 heterocycles. The number of likely N-dealkylation sites (tertiary alicyclic amines) is 1. The Kier molecular flexibility index (Phi) is 4.40. The van der Waals surface area contributed by atoms with Gasteiger partial charge in [0.05, 0.1) is 8.66 Å². The van der Waals surface area contributed by atoms with Crippen molar-refractivity contribution in [2.75, 3.05) is 13.1 Å². The van der Waals surface area contributed by atoms with Crippen molar-refractivity contribution in [3.05, 3.63) is 20.8 Å². The first kappa shape index (κ1) is 13.5. The van der Waals surface area contributed by atoms with Crippen LogP contribution in [-0.4, -0.2) is 35.8 Å². The third-order valence-corrected chi connectivity index (χ3v) is 4.46. The van der Waals surface area contributed by atoms with Crippen LogP contribution in [0.25, 0.3) is 0 Å². The molecule has 1 aromatic heterocycles. The first-order valence-corrected chi connectivity index (χ1v) is 7.51. The molecule has 0 spiro atoms. The fourth-order valence-electron chi connectivity index (χ4n) is 2.00. The third-order valence-electron chi connectivity index (χ3n) is 2.84. The molecule has 6 heteroatoms. The van der Waals surface area contributed by atoms with Crippen molar-refractivity contribution in [2.45, 2.75) is 25.8 Å². The van der Waals surface area contributed by atoms with Gasteiger partial charge in [0.2, 0.25) is 5.91 Å². The second-order valence-corrected chi connectivity index (χ2v) is 6.88. The molecule has 0 radical (unpaired) electrons. The number of carbonyl (C=O) groups is 2. The van der Waals surface area contributed by atoms with E-state index in [9.17, 15) is 9.59 Å². The molecule has 1 saturated heterocycles. The van der Waals surface area contributed by atoms with Crippen LogP contribution in [0.2, 0.25) is 0 Å². The standard InChI is InChI=1S/C12H15BrN2O2S/c1-8(7-15-6-2-3-11(15)16)14-12(17)9-4-5-10(13)18-9/h4-5,8H,2-3,6-7H2,1H3,(H,14,17). The molecule has 2 rings (SSSR count). The van der Waals surface area contributed by atoms with Gasteiger partial charge in [0.25, 0.3) is 5.91 Å².